The molecule has 0 bridgehead atoms. The van der Waals surface area contributed by atoms with Crippen LogP contribution < -0.4 is 15.4 Å². The number of ether oxygens (including phenoxy) is 1. The number of amides is 1. The summed E-state index contributed by atoms with van der Waals surface area (Å²) in [4.78, 5) is 18.3. The molecule has 1 amide bonds. The molecule has 0 aliphatic carbocycles. The Morgan fingerprint density at radius 2 is 2.04 bits per heavy atom. The molecule has 1 heterocycles. The lowest BCUT2D eigenvalue weighted by Gasteiger charge is -2.15. The van der Waals surface area contributed by atoms with Crippen LogP contribution in [0, 0.1) is 0 Å². The Bertz CT molecular complexity index is 619. The van der Waals surface area contributed by atoms with Crippen LogP contribution in [0.5, 0.6) is 5.75 Å². The van der Waals surface area contributed by atoms with Crippen molar-refractivity contribution in [2.24, 2.45) is 4.99 Å². The minimum atomic E-state index is 0.0837. The van der Waals surface area contributed by atoms with Crippen LogP contribution in [0.15, 0.2) is 23.2 Å². The van der Waals surface area contributed by atoms with Gasteiger partial charge in [0.2, 0.25) is 5.91 Å². The van der Waals surface area contributed by atoms with Gasteiger partial charge in [-0.1, -0.05) is 23.2 Å². The van der Waals surface area contributed by atoms with E-state index in [0.29, 0.717) is 34.9 Å². The zero-order chi connectivity index (χ0) is 18.8. The van der Waals surface area contributed by atoms with Gasteiger partial charge >= 0.3 is 0 Å². The molecule has 144 valence electrons. The fraction of sp³-hybridized carbons (Fsp3) is 0.556. The molecule has 0 aromatic heterocycles. The molecule has 0 radical (unpaired) electrons. The van der Waals surface area contributed by atoms with Gasteiger partial charge in [-0.05, 0) is 44.4 Å². The molecule has 0 unspecified atom stereocenters. The third kappa shape index (κ3) is 6.92. The van der Waals surface area contributed by atoms with E-state index >= 15 is 0 Å². The Morgan fingerprint density at radius 3 is 2.73 bits per heavy atom. The molecular weight excluding hydrogens is 375 g/mol. The molecule has 0 atom stereocenters. The quantitative estimate of drug-likeness (QED) is 0.399. The molecule has 1 aliphatic heterocycles. The largest absolute Gasteiger partial charge is 0.492 e. The fourth-order valence-corrected chi connectivity index (χ4v) is 3.07. The molecule has 1 aliphatic rings. The standard InChI is InChI=1S/C18H26Cl2N4O2/c1-2-21-18(23-13-17(25)24-9-3-4-10-24)22-8-5-11-26-16-7-6-14(19)12-15(16)20/h6-7,12H,2-5,8-11,13H2,1H3,(H2,21,22,23). The van der Waals surface area contributed by atoms with Gasteiger partial charge in [-0.15, -0.1) is 0 Å². The van der Waals surface area contributed by atoms with E-state index in [2.05, 4.69) is 15.6 Å². The average molecular weight is 401 g/mol. The van der Waals surface area contributed by atoms with E-state index in [1.54, 1.807) is 18.2 Å². The number of likely N-dealkylation sites (tertiary alicyclic amines) is 1. The van der Waals surface area contributed by atoms with Crippen molar-refractivity contribution in [3.63, 3.8) is 0 Å². The third-order valence-electron chi connectivity index (χ3n) is 3.94. The molecule has 0 spiro atoms. The average Bonchev–Trinajstić information content (AvgIpc) is 3.15. The number of carbonyl (C=O) groups excluding carboxylic acids is 1. The zero-order valence-electron chi connectivity index (χ0n) is 15.1. The van der Waals surface area contributed by atoms with Crippen LogP contribution in [0.2, 0.25) is 10.0 Å². The van der Waals surface area contributed by atoms with Gasteiger partial charge in [0.05, 0.1) is 11.6 Å². The summed E-state index contributed by atoms with van der Waals surface area (Å²) in [7, 11) is 0. The number of hydrogen-bond donors (Lipinski definition) is 2. The number of nitrogens with zero attached hydrogens (tertiary/aromatic N) is 2. The van der Waals surface area contributed by atoms with Gasteiger partial charge in [0.1, 0.15) is 12.3 Å². The molecule has 1 aromatic rings. The van der Waals surface area contributed by atoms with Gasteiger partial charge in [0.25, 0.3) is 0 Å². The van der Waals surface area contributed by atoms with E-state index in [1.165, 1.54) is 0 Å². The van der Waals surface area contributed by atoms with Gasteiger partial charge in [0.15, 0.2) is 5.96 Å². The number of hydrogen-bond acceptors (Lipinski definition) is 3. The number of aliphatic imine (C=N–C) groups is 1. The van der Waals surface area contributed by atoms with Crippen molar-refractivity contribution in [1.82, 2.24) is 15.5 Å². The highest BCUT2D eigenvalue weighted by molar-refractivity contribution is 6.35. The van der Waals surface area contributed by atoms with Crippen molar-refractivity contribution in [2.45, 2.75) is 26.2 Å². The number of rotatable bonds is 8. The summed E-state index contributed by atoms with van der Waals surface area (Å²) in [5.41, 5.74) is 0. The number of halogens is 2. The molecule has 26 heavy (non-hydrogen) atoms. The maximum atomic E-state index is 12.1. The summed E-state index contributed by atoms with van der Waals surface area (Å²) in [5.74, 6) is 1.35. The van der Waals surface area contributed by atoms with E-state index < -0.39 is 0 Å². The molecule has 8 heteroatoms. The van der Waals surface area contributed by atoms with Crippen molar-refractivity contribution in [1.29, 1.82) is 0 Å². The Kier molecular flexibility index (Phi) is 8.85. The lowest BCUT2D eigenvalue weighted by Crippen LogP contribution is -2.39. The Labute approximate surface area is 164 Å². The summed E-state index contributed by atoms with van der Waals surface area (Å²) in [6.45, 7) is 5.79. The zero-order valence-corrected chi connectivity index (χ0v) is 16.6. The van der Waals surface area contributed by atoms with Crippen molar-refractivity contribution in [2.75, 3.05) is 39.3 Å². The van der Waals surface area contributed by atoms with Crippen LogP contribution in [-0.2, 0) is 4.79 Å². The minimum absolute atomic E-state index is 0.0837. The minimum Gasteiger partial charge on any atom is -0.492 e. The highest BCUT2D eigenvalue weighted by atomic mass is 35.5. The normalized spacial score (nSPS) is 14.4. The molecular formula is C18H26Cl2N4O2. The maximum Gasteiger partial charge on any atom is 0.244 e. The third-order valence-corrected chi connectivity index (χ3v) is 4.47. The van der Waals surface area contributed by atoms with Crippen molar-refractivity contribution < 1.29 is 9.53 Å². The lowest BCUT2D eigenvalue weighted by atomic mass is 10.3. The Morgan fingerprint density at radius 1 is 1.27 bits per heavy atom. The van der Waals surface area contributed by atoms with E-state index in [4.69, 9.17) is 27.9 Å². The van der Waals surface area contributed by atoms with E-state index in [0.717, 1.165) is 38.9 Å². The van der Waals surface area contributed by atoms with Crippen LogP contribution in [-0.4, -0.2) is 56.1 Å². The molecule has 2 N–H and O–H groups in total. The molecule has 1 fully saturated rings. The molecule has 1 aromatic carbocycles. The number of carbonyl (C=O) groups is 1. The van der Waals surface area contributed by atoms with Gasteiger partial charge in [-0.3, -0.25) is 4.79 Å². The first kappa shape index (κ1) is 20.6. The smallest absolute Gasteiger partial charge is 0.244 e. The number of benzene rings is 1. The predicted molar refractivity (Wildman–Crippen MR) is 106 cm³/mol. The second kappa shape index (κ2) is 11.1. The second-order valence-electron chi connectivity index (χ2n) is 5.99. The number of nitrogens with one attached hydrogen (secondary N) is 2. The van der Waals surface area contributed by atoms with Crippen molar-refractivity contribution >= 4 is 35.1 Å². The highest BCUT2D eigenvalue weighted by Crippen LogP contribution is 2.27. The summed E-state index contributed by atoms with van der Waals surface area (Å²) < 4.78 is 5.65. The van der Waals surface area contributed by atoms with Crippen molar-refractivity contribution in [3.8, 4) is 5.75 Å². The van der Waals surface area contributed by atoms with Crippen LogP contribution in [0.4, 0.5) is 0 Å². The summed E-state index contributed by atoms with van der Waals surface area (Å²) in [5, 5.41) is 7.44. The molecule has 0 saturated carbocycles. The first-order chi connectivity index (χ1) is 12.6. The summed E-state index contributed by atoms with van der Waals surface area (Å²) in [6, 6.07) is 5.16. The van der Waals surface area contributed by atoms with Crippen LogP contribution in [0.1, 0.15) is 26.2 Å². The van der Waals surface area contributed by atoms with Crippen molar-refractivity contribution in [3.05, 3.63) is 28.2 Å². The summed E-state index contributed by atoms with van der Waals surface area (Å²) in [6.07, 6.45) is 2.94. The summed E-state index contributed by atoms with van der Waals surface area (Å²) >= 11 is 11.9. The second-order valence-corrected chi connectivity index (χ2v) is 6.83. The predicted octanol–water partition coefficient (Wildman–Crippen LogP) is 2.94. The van der Waals surface area contributed by atoms with Gasteiger partial charge in [-0.2, -0.15) is 0 Å². The van der Waals surface area contributed by atoms with Crippen LogP contribution in [0.3, 0.4) is 0 Å². The Hall–Kier alpha value is -1.66. The topological polar surface area (TPSA) is 66.0 Å². The first-order valence-corrected chi connectivity index (χ1v) is 9.73. The van der Waals surface area contributed by atoms with Gasteiger partial charge < -0.3 is 20.3 Å². The fourth-order valence-electron chi connectivity index (χ4n) is 2.61. The SMILES string of the molecule is CCNC(=NCC(=O)N1CCCC1)NCCCOc1ccc(Cl)cc1Cl. The van der Waals surface area contributed by atoms with Gasteiger partial charge in [-0.25, -0.2) is 4.99 Å². The van der Waals surface area contributed by atoms with E-state index in [-0.39, 0.29) is 12.5 Å². The van der Waals surface area contributed by atoms with Gasteiger partial charge in [0, 0.05) is 31.2 Å². The van der Waals surface area contributed by atoms with E-state index in [1.807, 2.05) is 11.8 Å². The monoisotopic (exact) mass is 400 g/mol. The molecule has 2 rings (SSSR count). The molecule has 1 saturated heterocycles. The molecule has 6 nitrogen and oxygen atoms in total. The lowest BCUT2D eigenvalue weighted by molar-refractivity contribution is -0.128. The van der Waals surface area contributed by atoms with Crippen LogP contribution >= 0.6 is 23.2 Å². The first-order valence-electron chi connectivity index (χ1n) is 8.98. The van der Waals surface area contributed by atoms with Crippen LogP contribution in [0.25, 0.3) is 0 Å². The maximum absolute atomic E-state index is 12.1. The van der Waals surface area contributed by atoms with E-state index in [9.17, 15) is 4.79 Å². The number of guanidine groups is 1. The highest BCUT2D eigenvalue weighted by Gasteiger charge is 2.17. The Balaban J connectivity index is 1.70.